The summed E-state index contributed by atoms with van der Waals surface area (Å²) in [5, 5.41) is 2.06. The highest BCUT2D eigenvalue weighted by molar-refractivity contribution is 8.29. The maximum atomic E-state index is 15.0. The number of nitrogens with one attached hydrogen (secondary N) is 2. The molecular weight excluding hydrogens is 473 g/mol. The first-order valence-electron chi connectivity index (χ1n) is 10.4. The summed E-state index contributed by atoms with van der Waals surface area (Å²) < 4.78 is 57.8. The number of amidine groups is 1. The zero-order valence-electron chi connectivity index (χ0n) is 18.7. The number of amides is 1. The fraction of sp³-hybridized carbons (Fsp3) is 0.429. The number of halogens is 3. The van der Waals surface area contributed by atoms with Gasteiger partial charge in [0.2, 0.25) is 0 Å². The molecule has 4 heterocycles. The molecule has 0 radical (unpaired) electrons. The first kappa shape index (κ1) is 24.2. The molecule has 2 aliphatic rings. The van der Waals surface area contributed by atoms with Gasteiger partial charge >= 0.3 is 6.61 Å². The van der Waals surface area contributed by atoms with Crippen molar-refractivity contribution in [1.82, 2.24) is 14.7 Å². The quantitative estimate of drug-likeness (QED) is 0.496. The van der Waals surface area contributed by atoms with E-state index in [0.717, 1.165) is 12.3 Å². The third-order valence-electron chi connectivity index (χ3n) is 6.28. The van der Waals surface area contributed by atoms with Crippen LogP contribution in [0.25, 0.3) is 0 Å². The average Bonchev–Trinajstić information content (AvgIpc) is 3.18. The van der Waals surface area contributed by atoms with Gasteiger partial charge in [-0.15, -0.1) is 0 Å². The molecule has 1 saturated heterocycles. The van der Waals surface area contributed by atoms with Crippen LogP contribution in [0.4, 0.5) is 19.0 Å². The number of nitrogens with two attached hydrogens (primary N) is 1. The largest absolute Gasteiger partial charge is 0.433 e. The van der Waals surface area contributed by atoms with Crippen LogP contribution in [-0.2, 0) is 5.54 Å². The van der Waals surface area contributed by atoms with Crippen LogP contribution >= 0.6 is 10.5 Å². The van der Waals surface area contributed by atoms with E-state index in [1.165, 1.54) is 18.2 Å². The molecular formula is C21H25F3N6O3S. The van der Waals surface area contributed by atoms with Crippen molar-refractivity contribution in [1.29, 1.82) is 0 Å². The van der Waals surface area contributed by atoms with Gasteiger partial charge in [0.05, 0.1) is 16.2 Å². The van der Waals surface area contributed by atoms with Gasteiger partial charge in [-0.2, -0.15) is 8.78 Å². The first-order valence-corrected chi connectivity index (χ1v) is 12.1. The zero-order valence-corrected chi connectivity index (χ0v) is 19.5. The van der Waals surface area contributed by atoms with Gasteiger partial charge in [0.1, 0.15) is 40.1 Å². The molecule has 9 nitrogen and oxygen atoms in total. The van der Waals surface area contributed by atoms with Gasteiger partial charge in [0.25, 0.3) is 5.91 Å². The molecule has 0 aromatic carbocycles. The van der Waals surface area contributed by atoms with Crippen LogP contribution in [0.15, 0.2) is 35.5 Å². The molecule has 2 aromatic rings. The zero-order chi connectivity index (χ0) is 24.9. The second-order valence-corrected chi connectivity index (χ2v) is 11.8. The highest BCUT2D eigenvalue weighted by Crippen LogP contribution is 2.67. The summed E-state index contributed by atoms with van der Waals surface area (Å²) in [6, 6.07) is 4.82. The number of carbonyl (C=O) groups is 1. The van der Waals surface area contributed by atoms with E-state index >= 15 is 4.39 Å². The number of rotatable bonds is 5. The number of hydrogen-bond acceptors (Lipinski definition) is 8. The molecule has 34 heavy (non-hydrogen) atoms. The Balaban J connectivity index is 1.65. The molecule has 4 rings (SSSR count). The van der Waals surface area contributed by atoms with Crippen molar-refractivity contribution in [3.8, 4) is 5.75 Å². The van der Waals surface area contributed by atoms with Crippen LogP contribution in [0.1, 0.15) is 43.4 Å². The van der Waals surface area contributed by atoms with Crippen LogP contribution in [0.5, 0.6) is 5.75 Å². The molecule has 1 amide bonds. The Labute approximate surface area is 195 Å². The van der Waals surface area contributed by atoms with Gasteiger partial charge in [-0.3, -0.25) is 14.5 Å². The Morgan fingerprint density at radius 1 is 1.32 bits per heavy atom. The van der Waals surface area contributed by atoms with Crippen LogP contribution in [0, 0.1) is 5.82 Å². The van der Waals surface area contributed by atoms with E-state index in [9.17, 15) is 18.1 Å². The topological polar surface area (TPSA) is 135 Å². The summed E-state index contributed by atoms with van der Waals surface area (Å²) in [6.07, 6.45) is 1.53. The number of alkyl halides is 2. The first-order chi connectivity index (χ1) is 15.9. The summed E-state index contributed by atoms with van der Waals surface area (Å²) in [5.74, 6) is -1.32. The minimum atomic E-state index is -3.01. The minimum Gasteiger partial charge on any atom is -0.433 e. The molecule has 5 N–H and O–H groups in total. The van der Waals surface area contributed by atoms with Crippen molar-refractivity contribution in [3.63, 3.8) is 0 Å². The van der Waals surface area contributed by atoms with E-state index < -0.39 is 44.4 Å². The van der Waals surface area contributed by atoms with Gasteiger partial charge in [-0.05, 0) is 51.5 Å². The van der Waals surface area contributed by atoms with Crippen molar-refractivity contribution < 1.29 is 27.3 Å². The Morgan fingerprint density at radius 3 is 2.71 bits per heavy atom. The van der Waals surface area contributed by atoms with Crippen LogP contribution in [0.2, 0.25) is 0 Å². The van der Waals surface area contributed by atoms with E-state index in [4.69, 9.17) is 5.73 Å². The third kappa shape index (κ3) is 3.87. The van der Waals surface area contributed by atoms with Crippen LogP contribution < -0.4 is 20.5 Å². The molecule has 2 aliphatic heterocycles. The van der Waals surface area contributed by atoms with Gasteiger partial charge in [0.15, 0.2) is 0 Å². The van der Waals surface area contributed by atoms with Crippen molar-refractivity contribution in [3.05, 3.63) is 47.7 Å². The number of nitrogens with zero attached hydrogens (tertiary/aromatic N) is 3. The Morgan fingerprint density at radius 2 is 2.06 bits per heavy atom. The smallest absolute Gasteiger partial charge is 0.387 e. The number of aromatic nitrogens is 2. The minimum absolute atomic E-state index is 0.0282. The maximum absolute atomic E-state index is 15.0. The third-order valence-corrected chi connectivity index (χ3v) is 10.2. The fourth-order valence-electron chi connectivity index (χ4n) is 4.32. The molecule has 184 valence electrons. The Hall–Kier alpha value is -2.90. The highest BCUT2D eigenvalue weighted by Gasteiger charge is 2.61. The standard InChI is InChI=1S/C21H25F3N6O3S/c1-20(2)18(25)30-21(3,14-8-9-27-34(14,20)32)16-12(22)5-7-15(28-16)29-17(31)13-6-4-11(10-26-13)33-19(23)24/h4-7,10,14,19,27,32H,8-9H2,1-3H3,(H2,25,30)(H,28,29,31)/t14-,21+/m1/s1. The summed E-state index contributed by atoms with van der Waals surface area (Å²) in [5.41, 5.74) is 4.83. The van der Waals surface area contributed by atoms with E-state index in [1.807, 2.05) is 0 Å². The van der Waals surface area contributed by atoms with Crippen molar-refractivity contribution in [2.24, 2.45) is 10.7 Å². The predicted octanol–water partition coefficient (Wildman–Crippen LogP) is 3.39. The molecule has 0 saturated carbocycles. The van der Waals surface area contributed by atoms with E-state index in [1.54, 1.807) is 20.8 Å². The second-order valence-electron chi connectivity index (χ2n) is 8.69. The van der Waals surface area contributed by atoms with Crippen molar-refractivity contribution >= 4 is 28.1 Å². The molecule has 2 aromatic heterocycles. The monoisotopic (exact) mass is 498 g/mol. The maximum Gasteiger partial charge on any atom is 0.387 e. The van der Waals surface area contributed by atoms with Gasteiger partial charge in [-0.25, -0.2) is 14.4 Å². The lowest BCUT2D eigenvalue weighted by molar-refractivity contribution is -0.0500. The highest BCUT2D eigenvalue weighted by atomic mass is 32.3. The van der Waals surface area contributed by atoms with E-state index in [-0.39, 0.29) is 28.8 Å². The molecule has 0 bridgehead atoms. The molecule has 1 fully saturated rings. The SMILES string of the molecule is CC1(C)C(N)=N[C@](C)(c2nc(NC(=O)c3ccc(OC(F)F)cn3)ccc2F)[C@H]2CCN[S@@]21O. The molecule has 0 unspecified atom stereocenters. The number of aliphatic imine (C=N–C) groups is 1. The molecule has 3 atom stereocenters. The normalized spacial score (nSPS) is 27.8. The average molecular weight is 499 g/mol. The second kappa shape index (κ2) is 8.40. The lowest BCUT2D eigenvalue weighted by Crippen LogP contribution is -2.57. The van der Waals surface area contributed by atoms with Crippen molar-refractivity contribution in [2.75, 3.05) is 11.9 Å². The van der Waals surface area contributed by atoms with Crippen LogP contribution in [-0.4, -0.2) is 49.4 Å². The number of carbonyl (C=O) groups excluding carboxylic acids is 1. The van der Waals surface area contributed by atoms with E-state index in [2.05, 4.69) is 29.7 Å². The lowest BCUT2D eigenvalue weighted by Gasteiger charge is -2.55. The summed E-state index contributed by atoms with van der Waals surface area (Å²) in [6.45, 7) is 2.79. The predicted molar refractivity (Wildman–Crippen MR) is 123 cm³/mol. The van der Waals surface area contributed by atoms with Crippen LogP contribution in [0.3, 0.4) is 0 Å². The Kier molecular flexibility index (Phi) is 5.98. The molecule has 13 heteroatoms. The summed E-state index contributed by atoms with van der Waals surface area (Å²) >= 11 is 0. The van der Waals surface area contributed by atoms with Crippen molar-refractivity contribution in [2.45, 2.75) is 49.3 Å². The van der Waals surface area contributed by atoms with Gasteiger partial charge in [0, 0.05) is 6.54 Å². The Bertz CT molecular complexity index is 1150. The van der Waals surface area contributed by atoms with Gasteiger partial charge < -0.3 is 20.3 Å². The number of ether oxygens (including phenoxy) is 1. The van der Waals surface area contributed by atoms with Gasteiger partial charge in [-0.1, -0.05) is 10.5 Å². The fourth-order valence-corrected chi connectivity index (χ4v) is 7.68. The molecule has 0 spiro atoms. The van der Waals surface area contributed by atoms with E-state index in [0.29, 0.717) is 13.0 Å². The summed E-state index contributed by atoms with van der Waals surface area (Å²) in [7, 11) is -2.51. The number of hydrogen-bond donors (Lipinski definition) is 4. The number of anilines is 1. The lowest BCUT2D eigenvalue weighted by atomic mass is 9.90. The summed E-state index contributed by atoms with van der Waals surface area (Å²) in [4.78, 5) is 25.3. The molecule has 0 aliphatic carbocycles. The number of fused-ring (bicyclic) bond motifs is 1. The number of pyridine rings is 2.